The number of nitrogens with two attached hydrogens (primary N) is 1. The Hall–Kier alpha value is -1.84. The molecule has 0 aromatic heterocycles. The van der Waals surface area contributed by atoms with Gasteiger partial charge in [-0.1, -0.05) is 35.5 Å². The van der Waals surface area contributed by atoms with Crippen LogP contribution in [0.1, 0.15) is 18.9 Å². The second-order valence-corrected chi connectivity index (χ2v) is 3.77. The highest BCUT2D eigenvalue weighted by Gasteiger charge is 2.40. The van der Waals surface area contributed by atoms with Gasteiger partial charge in [-0.25, -0.2) is 0 Å². The molecule has 78 valence electrons. The Labute approximate surface area is 87.7 Å². The Morgan fingerprint density at radius 1 is 1.47 bits per heavy atom. The number of hydrogen-bond acceptors (Lipinski definition) is 3. The fraction of sp³-hybridized carbons (Fsp3) is 0.273. The van der Waals surface area contributed by atoms with Gasteiger partial charge in [-0.05, 0) is 12.5 Å². The fourth-order valence-corrected chi connectivity index (χ4v) is 1.46. The lowest BCUT2D eigenvalue weighted by Crippen LogP contribution is -2.41. The van der Waals surface area contributed by atoms with Crippen molar-refractivity contribution in [1.82, 2.24) is 0 Å². The van der Waals surface area contributed by atoms with Gasteiger partial charge in [0, 0.05) is 6.42 Å². The van der Waals surface area contributed by atoms with E-state index in [1.54, 1.807) is 6.92 Å². The summed E-state index contributed by atoms with van der Waals surface area (Å²) in [6, 6.07) is 9.60. The van der Waals surface area contributed by atoms with Crippen LogP contribution in [-0.2, 0) is 9.63 Å². The van der Waals surface area contributed by atoms with Gasteiger partial charge >= 0.3 is 0 Å². The van der Waals surface area contributed by atoms with Crippen molar-refractivity contribution in [3.05, 3.63) is 35.9 Å². The Morgan fingerprint density at radius 3 is 2.67 bits per heavy atom. The van der Waals surface area contributed by atoms with Gasteiger partial charge in [-0.3, -0.25) is 4.79 Å². The van der Waals surface area contributed by atoms with E-state index in [0.29, 0.717) is 6.42 Å². The summed E-state index contributed by atoms with van der Waals surface area (Å²) in [6.45, 7) is 1.65. The number of oxime groups is 1. The lowest BCUT2D eigenvalue weighted by molar-refractivity contribution is -0.138. The maximum absolute atomic E-state index is 11.1. The van der Waals surface area contributed by atoms with E-state index in [1.165, 1.54) is 0 Å². The first-order valence-electron chi connectivity index (χ1n) is 4.72. The van der Waals surface area contributed by atoms with Gasteiger partial charge in [0.1, 0.15) is 0 Å². The molecule has 0 radical (unpaired) electrons. The maximum atomic E-state index is 11.1. The van der Waals surface area contributed by atoms with Crippen LogP contribution in [0.25, 0.3) is 0 Å². The summed E-state index contributed by atoms with van der Waals surface area (Å²) >= 11 is 0. The predicted octanol–water partition coefficient (Wildman–Crippen LogP) is 1.05. The Balaban J connectivity index is 2.21. The van der Waals surface area contributed by atoms with Gasteiger partial charge in [0.15, 0.2) is 0 Å². The monoisotopic (exact) mass is 204 g/mol. The molecule has 0 aliphatic carbocycles. The van der Waals surface area contributed by atoms with Gasteiger partial charge in [-0.15, -0.1) is 0 Å². The SMILES string of the molecule is C[C@]1(C(N)=O)CC(c2ccccc2)=NO1. The third kappa shape index (κ3) is 1.70. The van der Waals surface area contributed by atoms with Crippen molar-refractivity contribution in [2.45, 2.75) is 18.9 Å². The molecule has 0 saturated heterocycles. The molecule has 0 unspecified atom stereocenters. The predicted molar refractivity (Wildman–Crippen MR) is 56.3 cm³/mol. The van der Waals surface area contributed by atoms with E-state index in [4.69, 9.17) is 10.6 Å². The first-order valence-corrected chi connectivity index (χ1v) is 4.72. The van der Waals surface area contributed by atoms with E-state index in [-0.39, 0.29) is 0 Å². The molecule has 4 nitrogen and oxygen atoms in total. The Bertz CT molecular complexity index is 414. The van der Waals surface area contributed by atoms with Crippen molar-refractivity contribution in [3.63, 3.8) is 0 Å². The van der Waals surface area contributed by atoms with E-state index >= 15 is 0 Å². The summed E-state index contributed by atoms with van der Waals surface area (Å²) < 4.78 is 0. The van der Waals surface area contributed by atoms with Gasteiger partial charge in [-0.2, -0.15) is 0 Å². The number of carbonyl (C=O) groups excluding carboxylic acids is 1. The zero-order valence-corrected chi connectivity index (χ0v) is 8.43. The standard InChI is InChI=1S/C11H12N2O2/c1-11(10(12)14)7-9(13-15-11)8-5-3-2-4-6-8/h2-6H,7H2,1H3,(H2,12,14)/t11-/m1/s1. The first kappa shape index (κ1) is 9.71. The molecule has 1 aromatic carbocycles. The molecule has 0 saturated carbocycles. The molecule has 1 aliphatic rings. The molecule has 1 atom stereocenters. The number of carbonyl (C=O) groups is 1. The van der Waals surface area contributed by atoms with Gasteiger partial charge in [0.25, 0.3) is 5.91 Å². The molecule has 0 spiro atoms. The second kappa shape index (κ2) is 3.38. The average Bonchev–Trinajstić information content (AvgIpc) is 2.64. The molecule has 15 heavy (non-hydrogen) atoms. The minimum Gasteiger partial charge on any atom is -0.379 e. The third-order valence-electron chi connectivity index (χ3n) is 2.49. The van der Waals surface area contributed by atoms with Crippen LogP contribution >= 0.6 is 0 Å². The van der Waals surface area contributed by atoms with Crippen LogP contribution in [0.2, 0.25) is 0 Å². The van der Waals surface area contributed by atoms with Crippen LogP contribution in [0, 0.1) is 0 Å². The Kier molecular flexibility index (Phi) is 2.19. The summed E-state index contributed by atoms with van der Waals surface area (Å²) in [6.07, 6.45) is 0.423. The quantitative estimate of drug-likeness (QED) is 0.782. The minimum absolute atomic E-state index is 0.423. The van der Waals surface area contributed by atoms with Gasteiger partial charge in [0.05, 0.1) is 5.71 Å². The summed E-state index contributed by atoms with van der Waals surface area (Å²) in [5.41, 5.74) is 5.96. The molecule has 0 bridgehead atoms. The van der Waals surface area contributed by atoms with Crippen LogP contribution in [0.5, 0.6) is 0 Å². The van der Waals surface area contributed by atoms with Crippen LogP contribution in [-0.4, -0.2) is 17.2 Å². The zero-order chi connectivity index (χ0) is 10.9. The largest absolute Gasteiger partial charge is 0.379 e. The smallest absolute Gasteiger partial charge is 0.264 e. The van der Waals surface area contributed by atoms with E-state index in [0.717, 1.165) is 11.3 Å². The van der Waals surface area contributed by atoms with E-state index in [9.17, 15) is 4.79 Å². The highest BCUT2D eigenvalue weighted by Crippen LogP contribution is 2.25. The third-order valence-corrected chi connectivity index (χ3v) is 2.49. The van der Waals surface area contributed by atoms with E-state index < -0.39 is 11.5 Å². The summed E-state index contributed by atoms with van der Waals surface area (Å²) in [5, 5.41) is 3.90. The Morgan fingerprint density at radius 2 is 2.13 bits per heavy atom. The second-order valence-electron chi connectivity index (χ2n) is 3.77. The lowest BCUT2D eigenvalue weighted by atomic mass is 9.95. The molecule has 0 fully saturated rings. The number of rotatable bonds is 2. The summed E-state index contributed by atoms with van der Waals surface area (Å²) in [4.78, 5) is 16.2. The number of amides is 1. The van der Waals surface area contributed by atoms with Crippen molar-refractivity contribution in [3.8, 4) is 0 Å². The molecular weight excluding hydrogens is 192 g/mol. The molecule has 1 amide bonds. The number of nitrogens with zero attached hydrogens (tertiary/aromatic N) is 1. The van der Waals surface area contributed by atoms with Crippen LogP contribution in [0.15, 0.2) is 35.5 Å². The zero-order valence-electron chi connectivity index (χ0n) is 8.43. The van der Waals surface area contributed by atoms with Crippen LogP contribution in [0.4, 0.5) is 0 Å². The normalized spacial score (nSPS) is 24.5. The topological polar surface area (TPSA) is 64.7 Å². The number of primary amides is 1. The maximum Gasteiger partial charge on any atom is 0.264 e. The van der Waals surface area contributed by atoms with Crippen molar-refractivity contribution < 1.29 is 9.63 Å². The molecule has 1 aliphatic heterocycles. The van der Waals surface area contributed by atoms with Crippen LogP contribution in [0.3, 0.4) is 0 Å². The molecule has 1 aromatic rings. The van der Waals surface area contributed by atoms with Crippen molar-refractivity contribution in [2.24, 2.45) is 10.9 Å². The van der Waals surface area contributed by atoms with Crippen molar-refractivity contribution >= 4 is 11.6 Å². The lowest BCUT2D eigenvalue weighted by Gasteiger charge is -2.15. The molecule has 2 N–H and O–H groups in total. The van der Waals surface area contributed by atoms with Crippen molar-refractivity contribution in [1.29, 1.82) is 0 Å². The average molecular weight is 204 g/mol. The van der Waals surface area contributed by atoms with E-state index in [2.05, 4.69) is 5.16 Å². The number of benzene rings is 1. The van der Waals surface area contributed by atoms with Crippen LogP contribution < -0.4 is 5.73 Å². The van der Waals surface area contributed by atoms with Gasteiger partial charge in [0.2, 0.25) is 5.60 Å². The van der Waals surface area contributed by atoms with E-state index in [1.807, 2.05) is 30.3 Å². The molecule has 1 heterocycles. The highest BCUT2D eigenvalue weighted by atomic mass is 16.7. The molecular formula is C11H12N2O2. The molecule has 2 rings (SSSR count). The molecule has 4 heteroatoms. The minimum atomic E-state index is -0.995. The first-order chi connectivity index (χ1) is 7.12. The van der Waals surface area contributed by atoms with Gasteiger partial charge < -0.3 is 10.6 Å². The van der Waals surface area contributed by atoms with Crippen molar-refractivity contribution in [2.75, 3.05) is 0 Å². The fourth-order valence-electron chi connectivity index (χ4n) is 1.46. The highest BCUT2D eigenvalue weighted by molar-refractivity contribution is 6.05. The summed E-state index contributed by atoms with van der Waals surface area (Å²) in [5.74, 6) is -0.489. The summed E-state index contributed by atoms with van der Waals surface area (Å²) in [7, 11) is 0. The number of hydrogen-bond donors (Lipinski definition) is 1.